The third-order valence-electron chi connectivity index (χ3n) is 1.82. The summed E-state index contributed by atoms with van der Waals surface area (Å²) in [6.45, 7) is 0. The van der Waals surface area contributed by atoms with E-state index in [0.29, 0.717) is 0 Å². The number of primary amides is 1. The van der Waals surface area contributed by atoms with Gasteiger partial charge in [0.05, 0.1) is 12.0 Å². The van der Waals surface area contributed by atoms with Crippen LogP contribution < -0.4 is 5.73 Å². The molecular weight excluding hydrogens is 226 g/mol. The van der Waals surface area contributed by atoms with Gasteiger partial charge in [0, 0.05) is 0 Å². The summed E-state index contributed by atoms with van der Waals surface area (Å²) in [5.41, 5.74) is 4.45. The van der Waals surface area contributed by atoms with Gasteiger partial charge in [-0.2, -0.15) is 0 Å². The van der Waals surface area contributed by atoms with Gasteiger partial charge < -0.3 is 21.1 Å². The third-order valence-corrected chi connectivity index (χ3v) is 1.82. The molecule has 0 saturated carbocycles. The Morgan fingerprint density at radius 1 is 1.24 bits per heavy atom. The van der Waals surface area contributed by atoms with Crippen molar-refractivity contribution >= 4 is 11.9 Å². The number of benzene rings is 1. The second-order valence-electron chi connectivity index (χ2n) is 3.14. The number of carbonyl (C=O) groups is 2. The second-order valence-corrected chi connectivity index (χ2v) is 3.14. The van der Waals surface area contributed by atoms with Gasteiger partial charge in [0.15, 0.2) is 0 Å². The monoisotopic (exact) mass is 235 g/mol. The Kier molecular flexibility index (Phi) is 3.57. The minimum atomic E-state index is -1.28. The zero-order valence-corrected chi connectivity index (χ0v) is 8.60. The van der Waals surface area contributed by atoms with E-state index < -0.39 is 23.4 Å². The van der Waals surface area contributed by atoms with Crippen LogP contribution in [0.1, 0.15) is 22.3 Å². The van der Waals surface area contributed by atoms with Gasteiger partial charge in [0.1, 0.15) is 17.1 Å². The Balaban J connectivity index is 3.13. The first-order chi connectivity index (χ1) is 7.91. The molecule has 6 nitrogen and oxygen atoms in total. The number of hydrogen-bond acceptors (Lipinski definition) is 4. The van der Waals surface area contributed by atoms with E-state index in [2.05, 4.69) is 11.8 Å². The van der Waals surface area contributed by atoms with E-state index >= 15 is 0 Å². The number of phenols is 2. The van der Waals surface area contributed by atoms with Crippen LogP contribution in [-0.2, 0) is 4.79 Å². The van der Waals surface area contributed by atoms with E-state index in [0.717, 1.165) is 12.1 Å². The summed E-state index contributed by atoms with van der Waals surface area (Å²) in [6, 6.07) is 1.91. The number of nitrogens with two attached hydrogens (primary N) is 1. The molecule has 0 aliphatic carbocycles. The standard InChI is InChI=1S/C11H9NO5/c12-10(15)3-1-2-7-8(13)4-6(11(16)17)5-9(7)14/h4-5,13-14H,3H2,(H2,12,15)(H,16,17). The maximum Gasteiger partial charge on any atom is 0.335 e. The Hall–Kier alpha value is -2.68. The summed E-state index contributed by atoms with van der Waals surface area (Å²) in [7, 11) is 0. The minimum Gasteiger partial charge on any atom is -0.506 e. The molecule has 0 aliphatic rings. The van der Waals surface area contributed by atoms with Crippen LogP contribution in [-0.4, -0.2) is 27.2 Å². The number of rotatable bonds is 2. The van der Waals surface area contributed by atoms with Crippen molar-refractivity contribution in [3.05, 3.63) is 23.3 Å². The molecule has 0 radical (unpaired) electrons. The predicted molar refractivity (Wildman–Crippen MR) is 57.4 cm³/mol. The molecule has 1 aromatic rings. The molecule has 88 valence electrons. The fraction of sp³-hybridized carbons (Fsp3) is 0.0909. The number of carboxylic acids is 1. The van der Waals surface area contributed by atoms with Gasteiger partial charge in [-0.25, -0.2) is 4.79 Å². The SMILES string of the molecule is NC(=O)CC#Cc1c(O)cc(C(=O)O)cc1O. The van der Waals surface area contributed by atoms with Gasteiger partial charge >= 0.3 is 5.97 Å². The van der Waals surface area contributed by atoms with Crippen LogP contribution in [0.25, 0.3) is 0 Å². The number of carboxylic acid groups (broad SMARTS) is 1. The van der Waals surface area contributed by atoms with Crippen molar-refractivity contribution in [2.45, 2.75) is 6.42 Å². The smallest absolute Gasteiger partial charge is 0.335 e. The quantitative estimate of drug-likeness (QED) is 0.538. The van der Waals surface area contributed by atoms with Crippen LogP contribution in [0.4, 0.5) is 0 Å². The Morgan fingerprint density at radius 2 is 1.76 bits per heavy atom. The largest absolute Gasteiger partial charge is 0.506 e. The van der Waals surface area contributed by atoms with E-state index in [4.69, 9.17) is 10.8 Å². The lowest BCUT2D eigenvalue weighted by atomic mass is 10.1. The average Bonchev–Trinajstić information content (AvgIpc) is 2.21. The first-order valence-electron chi connectivity index (χ1n) is 4.48. The number of aromatic carboxylic acids is 1. The van der Waals surface area contributed by atoms with E-state index in [-0.39, 0.29) is 17.5 Å². The summed E-state index contributed by atoms with van der Waals surface area (Å²) < 4.78 is 0. The van der Waals surface area contributed by atoms with Crippen molar-refractivity contribution in [3.63, 3.8) is 0 Å². The molecule has 0 bridgehead atoms. The maximum atomic E-state index is 10.6. The number of carbonyl (C=O) groups excluding carboxylic acids is 1. The topological polar surface area (TPSA) is 121 Å². The zero-order chi connectivity index (χ0) is 13.0. The predicted octanol–water partition coefficient (Wildman–Crippen LogP) is 0.0229. The van der Waals surface area contributed by atoms with Gasteiger partial charge in [-0.1, -0.05) is 11.8 Å². The zero-order valence-electron chi connectivity index (χ0n) is 8.60. The first-order valence-corrected chi connectivity index (χ1v) is 4.48. The number of hydrogen-bond donors (Lipinski definition) is 4. The summed E-state index contributed by atoms with van der Waals surface area (Å²) in [5, 5.41) is 27.5. The van der Waals surface area contributed by atoms with E-state index in [1.54, 1.807) is 0 Å². The van der Waals surface area contributed by atoms with Crippen LogP contribution in [0.15, 0.2) is 12.1 Å². The first kappa shape index (κ1) is 12.4. The molecule has 1 aromatic carbocycles. The van der Waals surface area contributed by atoms with Crippen molar-refractivity contribution < 1.29 is 24.9 Å². The highest BCUT2D eigenvalue weighted by molar-refractivity contribution is 5.89. The van der Waals surface area contributed by atoms with Crippen molar-refractivity contribution in [1.82, 2.24) is 0 Å². The van der Waals surface area contributed by atoms with Crippen molar-refractivity contribution in [2.24, 2.45) is 5.73 Å². The Morgan fingerprint density at radius 3 is 2.18 bits per heavy atom. The molecule has 0 aliphatic heterocycles. The molecule has 1 amide bonds. The highest BCUT2D eigenvalue weighted by atomic mass is 16.4. The number of amides is 1. The third kappa shape index (κ3) is 3.14. The maximum absolute atomic E-state index is 10.6. The lowest BCUT2D eigenvalue weighted by Gasteiger charge is -2.02. The molecule has 1 rings (SSSR count). The number of aromatic hydroxyl groups is 2. The van der Waals surface area contributed by atoms with E-state index in [1.165, 1.54) is 0 Å². The highest BCUT2D eigenvalue weighted by Crippen LogP contribution is 2.27. The molecule has 5 N–H and O–H groups in total. The van der Waals surface area contributed by atoms with Crippen LogP contribution in [0.5, 0.6) is 11.5 Å². The fourth-order valence-corrected chi connectivity index (χ4v) is 1.08. The normalized spacial score (nSPS) is 9.18. The molecule has 17 heavy (non-hydrogen) atoms. The van der Waals surface area contributed by atoms with Gasteiger partial charge in [0.25, 0.3) is 0 Å². The molecule has 0 atom stereocenters. The van der Waals surface area contributed by atoms with E-state index in [9.17, 15) is 19.8 Å². The van der Waals surface area contributed by atoms with Crippen LogP contribution in [0.3, 0.4) is 0 Å². The minimum absolute atomic E-state index is 0.142. The second kappa shape index (κ2) is 4.90. The molecule has 0 spiro atoms. The lowest BCUT2D eigenvalue weighted by Crippen LogP contribution is -2.08. The van der Waals surface area contributed by atoms with Crippen molar-refractivity contribution in [1.29, 1.82) is 0 Å². The molecule has 0 unspecified atom stereocenters. The van der Waals surface area contributed by atoms with Crippen LogP contribution in [0, 0.1) is 11.8 Å². The van der Waals surface area contributed by atoms with Gasteiger partial charge in [0.2, 0.25) is 5.91 Å². The van der Waals surface area contributed by atoms with Gasteiger partial charge in [-0.3, -0.25) is 4.79 Å². The molecule has 0 aromatic heterocycles. The van der Waals surface area contributed by atoms with Crippen molar-refractivity contribution in [3.8, 4) is 23.3 Å². The summed E-state index contributed by atoms with van der Waals surface area (Å²) in [6.07, 6.45) is -0.223. The Labute approximate surface area is 96.3 Å². The molecule has 0 heterocycles. The van der Waals surface area contributed by atoms with Crippen molar-refractivity contribution in [2.75, 3.05) is 0 Å². The van der Waals surface area contributed by atoms with E-state index in [1.807, 2.05) is 0 Å². The van der Waals surface area contributed by atoms with Gasteiger partial charge in [-0.15, -0.1) is 0 Å². The Bertz CT molecular complexity index is 516. The summed E-state index contributed by atoms with van der Waals surface area (Å²) in [5.74, 6) is 1.80. The number of phenolic OH excluding ortho intramolecular Hbond substituents is 2. The molecule has 0 fully saturated rings. The molecule has 0 saturated heterocycles. The van der Waals surface area contributed by atoms with Crippen LogP contribution >= 0.6 is 0 Å². The lowest BCUT2D eigenvalue weighted by molar-refractivity contribution is -0.117. The average molecular weight is 235 g/mol. The van der Waals surface area contributed by atoms with Gasteiger partial charge in [-0.05, 0) is 12.1 Å². The molecule has 6 heteroatoms. The molecular formula is C11H9NO5. The summed E-state index contributed by atoms with van der Waals surface area (Å²) >= 11 is 0. The highest BCUT2D eigenvalue weighted by Gasteiger charge is 2.11. The fourth-order valence-electron chi connectivity index (χ4n) is 1.08. The van der Waals surface area contributed by atoms with Crippen LogP contribution in [0.2, 0.25) is 0 Å². The summed E-state index contributed by atoms with van der Waals surface area (Å²) in [4.78, 5) is 21.0.